The zero-order valence-electron chi connectivity index (χ0n) is 14.1. The number of nitrogens with zero attached hydrogens (tertiary/aromatic N) is 1. The van der Waals surface area contributed by atoms with Crippen molar-refractivity contribution < 1.29 is 9.21 Å². The summed E-state index contributed by atoms with van der Waals surface area (Å²) in [4.78, 5) is 15.8. The molecule has 2 heterocycles. The summed E-state index contributed by atoms with van der Waals surface area (Å²) in [7, 11) is 0. The molecule has 1 aromatic heterocycles. The largest absolute Gasteiger partial charge is 0.450 e. The van der Waals surface area contributed by atoms with Crippen LogP contribution in [-0.4, -0.2) is 10.2 Å². The summed E-state index contributed by atoms with van der Waals surface area (Å²) in [6.45, 7) is 0. The van der Waals surface area contributed by atoms with E-state index >= 15 is 0 Å². The van der Waals surface area contributed by atoms with E-state index in [1.807, 2.05) is 36.4 Å². The molecule has 1 saturated heterocycles. The van der Waals surface area contributed by atoms with Crippen LogP contribution >= 0.6 is 58.9 Å². The molecule has 0 spiro atoms. The zero-order chi connectivity index (χ0) is 19.7. The predicted molar refractivity (Wildman–Crippen MR) is 121 cm³/mol. The molecule has 1 fully saturated rings. The van der Waals surface area contributed by atoms with Gasteiger partial charge in [-0.25, -0.2) is 0 Å². The van der Waals surface area contributed by atoms with Gasteiger partial charge in [-0.3, -0.25) is 9.69 Å². The number of amides is 1. The van der Waals surface area contributed by atoms with Gasteiger partial charge in [0.1, 0.15) is 5.76 Å². The van der Waals surface area contributed by atoms with Gasteiger partial charge < -0.3 is 4.42 Å². The van der Waals surface area contributed by atoms with Crippen molar-refractivity contribution in [2.45, 2.75) is 9.99 Å². The van der Waals surface area contributed by atoms with Gasteiger partial charge in [0.05, 0.1) is 10.6 Å². The first kappa shape index (κ1) is 19.6. The van der Waals surface area contributed by atoms with Crippen molar-refractivity contribution in [3.8, 4) is 0 Å². The second kappa shape index (κ2) is 8.35. The number of thioether (sulfide) groups is 1. The van der Waals surface area contributed by atoms with Gasteiger partial charge >= 0.3 is 0 Å². The molecule has 140 valence electrons. The molecule has 0 unspecified atom stereocenters. The van der Waals surface area contributed by atoms with Crippen molar-refractivity contribution in [1.29, 1.82) is 0 Å². The van der Waals surface area contributed by atoms with Crippen LogP contribution in [0.4, 0.5) is 5.69 Å². The van der Waals surface area contributed by atoms with Crippen LogP contribution in [0.15, 0.2) is 80.0 Å². The van der Waals surface area contributed by atoms with Gasteiger partial charge in [0.2, 0.25) is 0 Å². The highest BCUT2D eigenvalue weighted by molar-refractivity contribution is 8.27. The highest BCUT2D eigenvalue weighted by Crippen LogP contribution is 2.37. The molecule has 1 aliphatic rings. The van der Waals surface area contributed by atoms with Crippen LogP contribution in [0, 0.1) is 0 Å². The quantitative estimate of drug-likeness (QED) is 0.303. The van der Waals surface area contributed by atoms with Crippen LogP contribution in [0.25, 0.3) is 6.08 Å². The van der Waals surface area contributed by atoms with Crippen LogP contribution in [0.3, 0.4) is 0 Å². The van der Waals surface area contributed by atoms with E-state index < -0.39 is 0 Å². The number of carbonyl (C=O) groups excluding carboxylic acids is 1. The first-order valence-corrected chi connectivity index (χ1v) is 10.9. The third kappa shape index (κ3) is 4.31. The molecule has 28 heavy (non-hydrogen) atoms. The van der Waals surface area contributed by atoms with Crippen LogP contribution in [0.1, 0.15) is 5.76 Å². The Balaban J connectivity index is 1.52. The van der Waals surface area contributed by atoms with E-state index in [0.717, 1.165) is 9.99 Å². The van der Waals surface area contributed by atoms with Crippen molar-refractivity contribution in [1.82, 2.24) is 0 Å². The second-order valence-electron chi connectivity index (χ2n) is 5.71. The van der Waals surface area contributed by atoms with E-state index in [9.17, 15) is 4.79 Å². The third-order valence-corrected chi connectivity index (χ3v) is 6.52. The lowest BCUT2D eigenvalue weighted by Crippen LogP contribution is -2.27. The lowest BCUT2D eigenvalue weighted by molar-refractivity contribution is -0.113. The van der Waals surface area contributed by atoms with Crippen LogP contribution in [0.5, 0.6) is 0 Å². The Labute approximate surface area is 185 Å². The Morgan fingerprint density at radius 1 is 0.964 bits per heavy atom. The van der Waals surface area contributed by atoms with Crippen molar-refractivity contribution in [2.24, 2.45) is 0 Å². The molecule has 1 aliphatic heterocycles. The molecule has 0 radical (unpaired) electrons. The summed E-state index contributed by atoms with van der Waals surface area (Å²) >= 11 is 19.9. The normalized spacial score (nSPS) is 15.6. The highest BCUT2D eigenvalue weighted by atomic mass is 35.5. The van der Waals surface area contributed by atoms with E-state index in [0.29, 0.717) is 30.7 Å². The zero-order valence-corrected chi connectivity index (χ0v) is 18.1. The Morgan fingerprint density at radius 2 is 1.61 bits per heavy atom. The molecule has 4 rings (SSSR count). The van der Waals surface area contributed by atoms with Gasteiger partial charge in [0.15, 0.2) is 9.41 Å². The summed E-state index contributed by atoms with van der Waals surface area (Å²) in [5, 5.41) is 2.01. The monoisotopic (exact) mass is 463 g/mol. The number of carbonyl (C=O) groups is 1. The van der Waals surface area contributed by atoms with E-state index in [2.05, 4.69) is 0 Å². The number of anilines is 1. The maximum atomic E-state index is 12.8. The van der Waals surface area contributed by atoms with Gasteiger partial charge in [-0.15, -0.1) is 0 Å². The minimum absolute atomic E-state index is 0.180. The molecular weight excluding hydrogens is 453 g/mol. The SMILES string of the molecule is O=C1/C(=C\c2ccc(Sc3ccc(Cl)cc3)o2)SC(=S)N1c1ccc(Cl)cc1. The molecule has 3 nitrogen and oxygen atoms in total. The molecular formula is C20H11Cl2NO2S3. The van der Waals surface area contributed by atoms with E-state index in [1.54, 1.807) is 30.3 Å². The number of hydrogen-bond donors (Lipinski definition) is 0. The first-order chi connectivity index (χ1) is 13.5. The van der Waals surface area contributed by atoms with Gasteiger partial charge in [0.25, 0.3) is 5.91 Å². The van der Waals surface area contributed by atoms with Crippen molar-refractivity contribution in [3.63, 3.8) is 0 Å². The Bertz CT molecular complexity index is 1080. The van der Waals surface area contributed by atoms with E-state index in [-0.39, 0.29) is 5.91 Å². The molecule has 8 heteroatoms. The smallest absolute Gasteiger partial charge is 0.270 e. The average Bonchev–Trinajstić information content (AvgIpc) is 3.22. The Morgan fingerprint density at radius 3 is 2.29 bits per heavy atom. The van der Waals surface area contributed by atoms with Crippen LogP contribution in [-0.2, 0) is 4.79 Å². The predicted octanol–water partition coefficient (Wildman–Crippen LogP) is 7.14. The van der Waals surface area contributed by atoms with Crippen molar-refractivity contribution in [3.05, 3.63) is 81.4 Å². The number of rotatable bonds is 4. The number of benzene rings is 2. The molecule has 2 aromatic carbocycles. The van der Waals surface area contributed by atoms with Crippen LogP contribution < -0.4 is 4.90 Å². The fourth-order valence-electron chi connectivity index (χ4n) is 2.50. The number of halogens is 2. The second-order valence-corrected chi connectivity index (χ2v) is 9.33. The summed E-state index contributed by atoms with van der Waals surface area (Å²) in [5.74, 6) is 0.411. The molecule has 0 atom stereocenters. The van der Waals surface area contributed by atoms with Gasteiger partial charge in [-0.05, 0) is 60.7 Å². The minimum atomic E-state index is -0.180. The molecule has 1 amide bonds. The van der Waals surface area contributed by atoms with Gasteiger partial charge in [-0.1, -0.05) is 58.9 Å². The lowest BCUT2D eigenvalue weighted by atomic mass is 10.3. The van der Waals surface area contributed by atoms with Crippen molar-refractivity contribution in [2.75, 3.05) is 4.90 Å². The average molecular weight is 464 g/mol. The van der Waals surface area contributed by atoms with E-state index in [1.165, 1.54) is 28.4 Å². The summed E-state index contributed by atoms with van der Waals surface area (Å²) in [6.07, 6.45) is 1.71. The molecule has 0 saturated carbocycles. The van der Waals surface area contributed by atoms with Crippen molar-refractivity contribution >= 4 is 80.9 Å². The fourth-order valence-corrected chi connectivity index (χ4v) is 4.80. The molecule has 0 bridgehead atoms. The molecule has 0 aliphatic carbocycles. The van der Waals surface area contributed by atoms with Gasteiger partial charge in [-0.2, -0.15) is 0 Å². The Kier molecular flexibility index (Phi) is 5.85. The van der Waals surface area contributed by atoms with E-state index in [4.69, 9.17) is 39.8 Å². The molecule has 0 N–H and O–H groups in total. The third-order valence-electron chi connectivity index (χ3n) is 3.79. The number of hydrogen-bond acceptors (Lipinski definition) is 5. The lowest BCUT2D eigenvalue weighted by Gasteiger charge is -2.14. The van der Waals surface area contributed by atoms with Gasteiger partial charge in [0, 0.05) is 21.0 Å². The van der Waals surface area contributed by atoms with Crippen LogP contribution in [0.2, 0.25) is 10.0 Å². The topological polar surface area (TPSA) is 33.5 Å². The maximum Gasteiger partial charge on any atom is 0.270 e. The summed E-state index contributed by atoms with van der Waals surface area (Å²) in [6, 6.07) is 18.2. The number of furan rings is 1. The maximum absolute atomic E-state index is 12.8. The summed E-state index contributed by atoms with van der Waals surface area (Å²) < 4.78 is 6.30. The minimum Gasteiger partial charge on any atom is -0.450 e. The first-order valence-electron chi connectivity index (χ1n) is 8.06. The Hall–Kier alpha value is -1.70. The standard InChI is InChI=1S/C20H11Cl2NO2S3/c21-12-1-5-14(6-2-12)23-19(24)17(28-20(23)26)11-15-7-10-18(25-15)27-16-8-3-13(22)4-9-16/h1-11H/b17-11+. The molecule has 3 aromatic rings. The number of thiocarbonyl (C=S) groups is 1. The fraction of sp³-hybridized carbons (Fsp3) is 0. The summed E-state index contributed by atoms with van der Waals surface area (Å²) in [5.41, 5.74) is 0.689. The highest BCUT2D eigenvalue weighted by Gasteiger charge is 2.33.